The molecule has 0 fully saturated rings. The molecule has 0 aliphatic heterocycles. The van der Waals surface area contributed by atoms with Crippen molar-refractivity contribution in [3.63, 3.8) is 0 Å². The van der Waals surface area contributed by atoms with Crippen LogP contribution in [0.1, 0.15) is 10.5 Å². The lowest BCUT2D eigenvalue weighted by Crippen LogP contribution is -1.96. The van der Waals surface area contributed by atoms with E-state index in [1.165, 1.54) is 12.1 Å². The summed E-state index contributed by atoms with van der Waals surface area (Å²) >= 11 is 8.07. The van der Waals surface area contributed by atoms with Crippen LogP contribution in [0.15, 0.2) is 27.4 Å². The molecular weight excluding hydrogens is 319 g/mol. The van der Waals surface area contributed by atoms with Gasteiger partial charge in [-0.1, -0.05) is 0 Å². The van der Waals surface area contributed by atoms with E-state index in [2.05, 4.69) is 20.9 Å². The first-order valence-electron chi connectivity index (χ1n) is 4.29. The molecule has 0 atom stereocenters. The lowest BCUT2D eigenvalue weighted by molar-refractivity contribution is 0.107. The molecule has 0 aliphatic carbocycles. The number of rotatable bonds is 2. The number of nitrogens with zero attached hydrogens (tertiary/aromatic N) is 1. The average Bonchev–Trinajstić information content (AvgIpc) is 2.75. The Bertz CT molecular complexity index is 600. The number of carbonyl (C=O) groups is 1. The lowest BCUT2D eigenvalue weighted by Gasteiger charge is -2.02. The minimum absolute atomic E-state index is 0.0305. The van der Waals surface area contributed by atoms with E-state index < -0.39 is 16.9 Å². The van der Waals surface area contributed by atoms with Crippen LogP contribution in [-0.2, 0) is 0 Å². The first-order chi connectivity index (χ1) is 8.02. The van der Waals surface area contributed by atoms with Gasteiger partial charge in [0, 0.05) is 0 Å². The number of carbonyl (C=O) groups excluding carboxylic acids is 1. The molecule has 0 amide bonds. The topological polar surface area (TPSA) is 43.1 Å². The fourth-order valence-electron chi connectivity index (χ4n) is 1.28. The van der Waals surface area contributed by atoms with Gasteiger partial charge in [-0.25, -0.2) is 13.8 Å². The molecular formula is C10H3BrClF2NO2. The van der Waals surface area contributed by atoms with Crippen molar-refractivity contribution < 1.29 is 18.0 Å². The quantitative estimate of drug-likeness (QED) is 0.624. The maximum Gasteiger partial charge on any atom is 0.274 e. The Morgan fingerprint density at radius 3 is 2.71 bits per heavy atom. The van der Waals surface area contributed by atoms with Crippen LogP contribution < -0.4 is 0 Å². The first kappa shape index (κ1) is 12.2. The fraction of sp³-hybridized carbons (Fsp3) is 0. The number of oxazole rings is 1. The van der Waals surface area contributed by atoms with Gasteiger partial charge in [0.2, 0.25) is 0 Å². The number of halogens is 4. The van der Waals surface area contributed by atoms with Crippen LogP contribution in [0.3, 0.4) is 0 Å². The molecule has 1 heterocycles. The molecule has 0 spiro atoms. The largest absolute Gasteiger partial charge is 0.443 e. The van der Waals surface area contributed by atoms with Gasteiger partial charge in [0.25, 0.3) is 5.24 Å². The van der Waals surface area contributed by atoms with Crippen molar-refractivity contribution in [1.29, 1.82) is 0 Å². The summed E-state index contributed by atoms with van der Waals surface area (Å²) < 4.78 is 31.8. The predicted octanol–water partition coefficient (Wildman–Crippen LogP) is 3.76. The number of aromatic nitrogens is 1. The van der Waals surface area contributed by atoms with Gasteiger partial charge in [0.1, 0.15) is 0 Å². The SMILES string of the molecule is O=C(Cl)c1ncoc1-c1ccc(Br)c(F)c1F. The minimum Gasteiger partial charge on any atom is -0.443 e. The molecule has 0 saturated heterocycles. The van der Waals surface area contributed by atoms with Gasteiger partial charge in [-0.3, -0.25) is 4.79 Å². The molecule has 7 heteroatoms. The summed E-state index contributed by atoms with van der Waals surface area (Å²) in [6.07, 6.45) is 0.935. The highest BCUT2D eigenvalue weighted by Crippen LogP contribution is 2.31. The van der Waals surface area contributed by atoms with Crippen LogP contribution >= 0.6 is 27.5 Å². The Hall–Kier alpha value is -1.27. The highest BCUT2D eigenvalue weighted by atomic mass is 79.9. The molecule has 1 aromatic heterocycles. The molecule has 88 valence electrons. The van der Waals surface area contributed by atoms with Crippen molar-refractivity contribution >= 4 is 32.8 Å². The Balaban J connectivity index is 2.65. The smallest absolute Gasteiger partial charge is 0.274 e. The van der Waals surface area contributed by atoms with Crippen molar-refractivity contribution in [2.24, 2.45) is 0 Å². The summed E-state index contributed by atoms with van der Waals surface area (Å²) in [6.45, 7) is 0. The molecule has 2 aromatic rings. The van der Waals surface area contributed by atoms with Crippen molar-refractivity contribution in [3.8, 4) is 11.3 Å². The zero-order chi connectivity index (χ0) is 12.6. The van der Waals surface area contributed by atoms with E-state index in [-0.39, 0.29) is 21.5 Å². The van der Waals surface area contributed by atoms with Gasteiger partial charge >= 0.3 is 0 Å². The van der Waals surface area contributed by atoms with E-state index in [1.807, 2.05) is 0 Å². The third-order valence-corrected chi connectivity index (χ3v) is 2.82. The molecule has 0 bridgehead atoms. The Kier molecular flexibility index (Phi) is 3.26. The maximum absolute atomic E-state index is 13.6. The maximum atomic E-state index is 13.6. The molecule has 0 N–H and O–H groups in total. The third-order valence-electron chi connectivity index (χ3n) is 2.03. The second-order valence-electron chi connectivity index (χ2n) is 3.03. The van der Waals surface area contributed by atoms with Crippen molar-refractivity contribution in [2.75, 3.05) is 0 Å². The molecule has 2 rings (SSSR count). The number of hydrogen-bond acceptors (Lipinski definition) is 3. The summed E-state index contributed by atoms with van der Waals surface area (Å²) in [5.41, 5.74) is -0.473. The van der Waals surface area contributed by atoms with Crippen LogP contribution in [0.5, 0.6) is 0 Å². The monoisotopic (exact) mass is 321 g/mol. The number of hydrogen-bond donors (Lipinski definition) is 0. The molecule has 0 radical (unpaired) electrons. The van der Waals surface area contributed by atoms with Crippen LogP contribution in [0.25, 0.3) is 11.3 Å². The highest BCUT2D eigenvalue weighted by molar-refractivity contribution is 9.10. The minimum atomic E-state index is -1.14. The second kappa shape index (κ2) is 4.54. The molecule has 0 saturated carbocycles. The zero-order valence-corrected chi connectivity index (χ0v) is 10.3. The van der Waals surface area contributed by atoms with E-state index in [0.29, 0.717) is 0 Å². The number of benzene rings is 1. The van der Waals surface area contributed by atoms with Gasteiger partial charge in [0.15, 0.2) is 29.5 Å². The lowest BCUT2D eigenvalue weighted by atomic mass is 10.1. The predicted molar refractivity (Wildman–Crippen MR) is 59.7 cm³/mol. The third kappa shape index (κ3) is 2.10. The zero-order valence-electron chi connectivity index (χ0n) is 8.01. The Morgan fingerprint density at radius 1 is 1.35 bits per heavy atom. The van der Waals surface area contributed by atoms with Gasteiger partial charge < -0.3 is 4.42 Å². The summed E-state index contributed by atoms with van der Waals surface area (Å²) in [7, 11) is 0. The van der Waals surface area contributed by atoms with Gasteiger partial charge in [0.05, 0.1) is 10.0 Å². The van der Waals surface area contributed by atoms with Gasteiger partial charge in [-0.15, -0.1) is 0 Å². The average molecular weight is 322 g/mol. The van der Waals surface area contributed by atoms with Crippen molar-refractivity contribution in [3.05, 3.63) is 40.3 Å². The summed E-state index contributed by atoms with van der Waals surface area (Å²) in [5.74, 6) is -2.42. The molecule has 0 aliphatic rings. The van der Waals surface area contributed by atoms with E-state index in [4.69, 9.17) is 16.0 Å². The van der Waals surface area contributed by atoms with Gasteiger partial charge in [-0.2, -0.15) is 0 Å². The van der Waals surface area contributed by atoms with E-state index >= 15 is 0 Å². The standard InChI is InChI=1S/C10H3BrClF2NO2/c11-5-2-1-4(6(13)7(5)14)9-8(10(12)16)15-3-17-9/h1-3H. The van der Waals surface area contributed by atoms with Crippen LogP contribution in [0.2, 0.25) is 0 Å². The molecule has 3 nitrogen and oxygen atoms in total. The van der Waals surface area contributed by atoms with Gasteiger partial charge in [-0.05, 0) is 39.7 Å². The molecule has 0 unspecified atom stereocenters. The first-order valence-corrected chi connectivity index (χ1v) is 5.46. The van der Waals surface area contributed by atoms with E-state index in [9.17, 15) is 13.6 Å². The Labute approximate surface area is 108 Å². The molecule has 1 aromatic carbocycles. The van der Waals surface area contributed by atoms with Crippen LogP contribution in [0, 0.1) is 11.6 Å². The normalized spacial score (nSPS) is 10.6. The van der Waals surface area contributed by atoms with Crippen LogP contribution in [-0.4, -0.2) is 10.2 Å². The Morgan fingerprint density at radius 2 is 2.06 bits per heavy atom. The van der Waals surface area contributed by atoms with Crippen molar-refractivity contribution in [2.45, 2.75) is 0 Å². The van der Waals surface area contributed by atoms with E-state index in [1.54, 1.807) is 0 Å². The summed E-state index contributed by atoms with van der Waals surface area (Å²) in [5, 5.41) is -0.906. The summed E-state index contributed by atoms with van der Waals surface area (Å²) in [4.78, 5) is 14.5. The molecule has 17 heavy (non-hydrogen) atoms. The van der Waals surface area contributed by atoms with E-state index in [0.717, 1.165) is 6.39 Å². The van der Waals surface area contributed by atoms with Crippen LogP contribution in [0.4, 0.5) is 8.78 Å². The van der Waals surface area contributed by atoms with Crippen molar-refractivity contribution in [1.82, 2.24) is 4.98 Å². The fourth-order valence-corrected chi connectivity index (χ4v) is 1.72. The highest BCUT2D eigenvalue weighted by Gasteiger charge is 2.22. The summed E-state index contributed by atoms with van der Waals surface area (Å²) in [6, 6.07) is 2.55. The second-order valence-corrected chi connectivity index (χ2v) is 4.22.